The minimum Gasteiger partial charge on any atom is -0.319 e. The summed E-state index contributed by atoms with van der Waals surface area (Å²) >= 11 is 2.85. The van der Waals surface area contributed by atoms with Crippen molar-refractivity contribution in [1.82, 2.24) is 9.97 Å². The lowest BCUT2D eigenvalue weighted by atomic mass is 10.1. The number of thiophene rings is 1. The molecule has 0 aliphatic rings. The van der Waals surface area contributed by atoms with Gasteiger partial charge in [-0.25, -0.2) is 9.97 Å². The molecule has 30 heavy (non-hydrogen) atoms. The summed E-state index contributed by atoms with van der Waals surface area (Å²) in [4.78, 5) is 33.8. The van der Waals surface area contributed by atoms with Gasteiger partial charge in [0.1, 0.15) is 21.9 Å². The highest BCUT2D eigenvalue weighted by Crippen LogP contribution is 2.36. The van der Waals surface area contributed by atoms with Crippen LogP contribution in [-0.2, 0) is 4.79 Å². The first-order valence-corrected chi connectivity index (χ1v) is 10.8. The van der Waals surface area contributed by atoms with E-state index >= 15 is 0 Å². The third kappa shape index (κ3) is 4.17. The molecule has 0 aliphatic heterocycles. The topological polar surface area (TPSA) is 98.0 Å². The minimum atomic E-state index is -0.500. The van der Waals surface area contributed by atoms with Crippen LogP contribution in [0.3, 0.4) is 0 Å². The quantitative estimate of drug-likeness (QED) is 0.190. The number of hydrogen-bond donors (Lipinski definition) is 1. The van der Waals surface area contributed by atoms with Crippen LogP contribution >= 0.6 is 23.1 Å². The fourth-order valence-electron chi connectivity index (χ4n) is 2.97. The second-order valence-electron chi connectivity index (χ2n) is 6.44. The number of nitro benzene ring substituents is 1. The molecule has 2 aromatic heterocycles. The van der Waals surface area contributed by atoms with Crippen molar-refractivity contribution in [3.63, 3.8) is 0 Å². The Labute approximate surface area is 180 Å². The Bertz CT molecular complexity index is 1240. The highest BCUT2D eigenvalue weighted by Gasteiger charge is 2.18. The third-order valence-electron chi connectivity index (χ3n) is 4.40. The van der Waals surface area contributed by atoms with Crippen LogP contribution in [0.25, 0.3) is 20.7 Å². The molecule has 1 amide bonds. The zero-order valence-corrected chi connectivity index (χ0v) is 17.5. The molecule has 7 nitrogen and oxygen atoms in total. The Hall–Kier alpha value is -3.30. The van der Waals surface area contributed by atoms with Gasteiger partial charge in [0.15, 0.2) is 0 Å². The average molecular weight is 437 g/mol. The number of nitrogens with zero attached hydrogens (tertiary/aromatic N) is 3. The molecule has 4 rings (SSSR count). The first kappa shape index (κ1) is 20.0. The molecule has 0 unspecified atom stereocenters. The summed E-state index contributed by atoms with van der Waals surface area (Å²) < 4.78 is 0. The number of rotatable bonds is 6. The van der Waals surface area contributed by atoms with Crippen molar-refractivity contribution >= 4 is 50.6 Å². The number of aromatic nitrogens is 2. The average Bonchev–Trinajstić information content (AvgIpc) is 3.19. The van der Waals surface area contributed by atoms with E-state index < -0.39 is 4.92 Å². The number of nitro groups is 1. The van der Waals surface area contributed by atoms with Crippen LogP contribution in [0, 0.1) is 17.0 Å². The van der Waals surface area contributed by atoms with E-state index in [1.54, 1.807) is 30.4 Å². The third-order valence-corrected chi connectivity index (χ3v) is 6.50. The fraction of sp³-hybridized carbons (Fsp3) is 0.0952. The van der Waals surface area contributed by atoms with Crippen LogP contribution in [0.15, 0.2) is 66.0 Å². The van der Waals surface area contributed by atoms with Gasteiger partial charge in [0, 0.05) is 16.3 Å². The van der Waals surface area contributed by atoms with Crippen LogP contribution in [-0.4, -0.2) is 26.6 Å². The lowest BCUT2D eigenvalue weighted by Gasteiger charge is -2.08. The van der Waals surface area contributed by atoms with E-state index in [1.165, 1.54) is 24.2 Å². The molecule has 0 saturated heterocycles. The minimum absolute atomic E-state index is 0.0775. The van der Waals surface area contributed by atoms with Gasteiger partial charge in [-0.1, -0.05) is 54.2 Å². The van der Waals surface area contributed by atoms with Gasteiger partial charge in [-0.3, -0.25) is 14.9 Å². The maximum absolute atomic E-state index is 12.5. The van der Waals surface area contributed by atoms with Crippen LogP contribution in [0.2, 0.25) is 0 Å². The SMILES string of the molecule is Cc1cccc([N+](=O)[O-])c1NC(=O)CSc1ncnc2sc(-c3ccccc3)cc12. The molecule has 0 bridgehead atoms. The second-order valence-corrected chi connectivity index (χ2v) is 8.43. The number of amides is 1. The highest BCUT2D eigenvalue weighted by molar-refractivity contribution is 8.00. The van der Waals surface area contributed by atoms with Gasteiger partial charge < -0.3 is 5.32 Å². The van der Waals surface area contributed by atoms with E-state index in [-0.39, 0.29) is 23.0 Å². The number of hydrogen-bond acceptors (Lipinski definition) is 7. The van der Waals surface area contributed by atoms with E-state index in [0.29, 0.717) is 10.6 Å². The van der Waals surface area contributed by atoms with Gasteiger partial charge in [0.25, 0.3) is 5.69 Å². The van der Waals surface area contributed by atoms with Gasteiger partial charge >= 0.3 is 0 Å². The highest BCUT2D eigenvalue weighted by atomic mass is 32.2. The van der Waals surface area contributed by atoms with Crippen molar-refractivity contribution in [3.8, 4) is 10.4 Å². The zero-order valence-electron chi connectivity index (χ0n) is 15.9. The van der Waals surface area contributed by atoms with E-state index in [9.17, 15) is 14.9 Å². The molecular weight excluding hydrogens is 420 g/mol. The van der Waals surface area contributed by atoms with E-state index in [4.69, 9.17) is 0 Å². The van der Waals surface area contributed by atoms with Crippen molar-refractivity contribution in [2.45, 2.75) is 11.9 Å². The molecule has 0 fully saturated rings. The molecule has 0 radical (unpaired) electrons. The monoisotopic (exact) mass is 436 g/mol. The van der Waals surface area contributed by atoms with E-state index in [2.05, 4.69) is 15.3 Å². The molecule has 0 atom stereocenters. The summed E-state index contributed by atoms with van der Waals surface area (Å²) in [5, 5.41) is 15.5. The zero-order chi connectivity index (χ0) is 21.1. The molecule has 0 aliphatic carbocycles. The predicted octanol–water partition coefficient (Wildman–Crippen LogP) is 5.31. The van der Waals surface area contributed by atoms with Crippen LogP contribution < -0.4 is 5.32 Å². The normalized spacial score (nSPS) is 10.8. The van der Waals surface area contributed by atoms with Gasteiger partial charge in [-0.15, -0.1) is 11.3 Å². The van der Waals surface area contributed by atoms with Crippen molar-refractivity contribution in [2.24, 2.45) is 0 Å². The Morgan fingerprint density at radius 3 is 2.73 bits per heavy atom. The molecule has 2 aromatic carbocycles. The van der Waals surface area contributed by atoms with Crippen LogP contribution in [0.5, 0.6) is 0 Å². The predicted molar refractivity (Wildman–Crippen MR) is 120 cm³/mol. The first-order chi connectivity index (χ1) is 14.5. The molecule has 0 spiro atoms. The molecular formula is C21H16N4O3S2. The second kappa shape index (κ2) is 8.60. The maximum atomic E-state index is 12.5. The number of aryl methyl sites for hydroxylation is 1. The molecule has 150 valence electrons. The van der Waals surface area contributed by atoms with Crippen molar-refractivity contribution in [2.75, 3.05) is 11.1 Å². The number of anilines is 1. The van der Waals surface area contributed by atoms with Crippen molar-refractivity contribution < 1.29 is 9.72 Å². The van der Waals surface area contributed by atoms with Gasteiger partial charge in [0.2, 0.25) is 5.91 Å². The van der Waals surface area contributed by atoms with Gasteiger partial charge in [0.05, 0.1) is 10.7 Å². The molecule has 9 heteroatoms. The first-order valence-electron chi connectivity index (χ1n) is 8.99. The summed E-state index contributed by atoms with van der Waals surface area (Å²) in [5.41, 5.74) is 1.84. The molecule has 2 heterocycles. The number of carbonyl (C=O) groups is 1. The number of benzene rings is 2. The summed E-state index contributed by atoms with van der Waals surface area (Å²) in [7, 11) is 0. The smallest absolute Gasteiger partial charge is 0.293 e. The van der Waals surface area contributed by atoms with Gasteiger partial charge in [-0.05, 0) is 24.1 Å². The summed E-state index contributed by atoms with van der Waals surface area (Å²) in [6, 6.07) is 16.7. The largest absolute Gasteiger partial charge is 0.319 e. The number of thioether (sulfide) groups is 1. The van der Waals surface area contributed by atoms with Crippen LogP contribution in [0.1, 0.15) is 5.56 Å². The number of carbonyl (C=O) groups excluding carboxylic acids is 1. The lowest BCUT2D eigenvalue weighted by Crippen LogP contribution is -2.16. The van der Waals surface area contributed by atoms with Crippen molar-refractivity contribution in [3.05, 3.63) is 76.6 Å². The maximum Gasteiger partial charge on any atom is 0.293 e. The summed E-state index contributed by atoms with van der Waals surface area (Å²) in [6.07, 6.45) is 1.49. The number of fused-ring (bicyclic) bond motifs is 1. The van der Waals surface area contributed by atoms with Gasteiger partial charge in [-0.2, -0.15) is 0 Å². The Morgan fingerprint density at radius 1 is 1.17 bits per heavy atom. The standard InChI is InChI=1S/C21H16N4O3S2/c1-13-6-5-9-16(25(27)28)19(13)24-18(26)11-29-20-15-10-17(14-7-3-2-4-8-14)30-21(15)23-12-22-20/h2-10,12H,11H2,1H3,(H,24,26). The fourth-order valence-corrected chi connectivity index (χ4v) is 4.81. The Kier molecular flexibility index (Phi) is 5.73. The van der Waals surface area contributed by atoms with E-state index in [1.807, 2.05) is 36.4 Å². The number of para-hydroxylation sites is 1. The Balaban J connectivity index is 1.52. The molecule has 1 N–H and O–H groups in total. The van der Waals surface area contributed by atoms with Crippen LogP contribution in [0.4, 0.5) is 11.4 Å². The summed E-state index contributed by atoms with van der Waals surface area (Å²) in [6.45, 7) is 1.72. The number of nitrogens with one attached hydrogen (secondary N) is 1. The lowest BCUT2D eigenvalue weighted by molar-refractivity contribution is -0.384. The van der Waals surface area contributed by atoms with E-state index in [0.717, 1.165) is 20.7 Å². The molecule has 0 saturated carbocycles. The summed E-state index contributed by atoms with van der Waals surface area (Å²) in [5.74, 6) is -0.253. The Morgan fingerprint density at radius 2 is 1.97 bits per heavy atom. The molecule has 4 aromatic rings. The van der Waals surface area contributed by atoms with Crippen molar-refractivity contribution in [1.29, 1.82) is 0 Å².